The Labute approximate surface area is 168 Å². The van der Waals surface area contributed by atoms with Crippen molar-refractivity contribution in [2.24, 2.45) is 0 Å². The molecule has 140 valence electrons. The third-order valence-corrected chi connectivity index (χ3v) is 6.28. The summed E-state index contributed by atoms with van der Waals surface area (Å²) in [5, 5.41) is 4.68. The highest BCUT2D eigenvalue weighted by Gasteiger charge is 2.16. The number of halogens is 1. The van der Waals surface area contributed by atoms with Crippen LogP contribution >= 0.6 is 27.3 Å². The second-order valence-corrected chi connectivity index (χ2v) is 8.70. The molecule has 0 fully saturated rings. The van der Waals surface area contributed by atoms with Crippen LogP contribution in [0.3, 0.4) is 0 Å². The minimum Gasteiger partial charge on any atom is -0.496 e. The molecule has 1 aromatic heterocycles. The summed E-state index contributed by atoms with van der Waals surface area (Å²) in [5.41, 5.74) is 0.907. The van der Waals surface area contributed by atoms with E-state index in [1.54, 1.807) is 30.7 Å². The Hall–Kier alpha value is -2.43. The van der Waals surface area contributed by atoms with Gasteiger partial charge in [-0.05, 0) is 58.4 Å². The van der Waals surface area contributed by atoms with Crippen molar-refractivity contribution in [3.8, 4) is 5.75 Å². The van der Waals surface area contributed by atoms with Crippen molar-refractivity contribution in [1.29, 1.82) is 0 Å². The SMILES string of the molecule is COc1ccc(C(=O)Nc2ccc(S(=O)(=O)Nc3nccs3)cc2)cc1Br. The van der Waals surface area contributed by atoms with Crippen molar-refractivity contribution in [1.82, 2.24) is 4.98 Å². The predicted molar refractivity (Wildman–Crippen MR) is 108 cm³/mol. The molecule has 3 rings (SSSR count). The zero-order chi connectivity index (χ0) is 19.4. The van der Waals surface area contributed by atoms with Gasteiger partial charge < -0.3 is 10.1 Å². The highest BCUT2D eigenvalue weighted by molar-refractivity contribution is 9.10. The molecule has 0 atom stereocenters. The fourth-order valence-corrected chi connectivity index (χ4v) is 4.51. The second kappa shape index (κ2) is 8.07. The molecule has 0 aliphatic heterocycles. The van der Waals surface area contributed by atoms with Crippen molar-refractivity contribution in [2.75, 3.05) is 17.1 Å². The average Bonchev–Trinajstić information content (AvgIpc) is 3.14. The van der Waals surface area contributed by atoms with E-state index in [2.05, 4.69) is 31.0 Å². The van der Waals surface area contributed by atoms with Gasteiger partial charge in [-0.15, -0.1) is 11.3 Å². The molecule has 0 bridgehead atoms. The number of benzene rings is 2. The summed E-state index contributed by atoms with van der Waals surface area (Å²) >= 11 is 4.52. The maximum Gasteiger partial charge on any atom is 0.263 e. The molecule has 10 heteroatoms. The molecule has 0 spiro atoms. The summed E-state index contributed by atoms with van der Waals surface area (Å²) < 4.78 is 32.8. The van der Waals surface area contributed by atoms with Gasteiger partial charge in [0.2, 0.25) is 0 Å². The van der Waals surface area contributed by atoms with E-state index >= 15 is 0 Å². The van der Waals surface area contributed by atoms with Crippen molar-refractivity contribution in [3.63, 3.8) is 0 Å². The molecule has 7 nitrogen and oxygen atoms in total. The lowest BCUT2D eigenvalue weighted by Gasteiger charge is -2.09. The smallest absolute Gasteiger partial charge is 0.263 e. The first kappa shape index (κ1) is 19.3. The standard InChI is InChI=1S/C17H14BrN3O4S2/c1-25-15-7-2-11(10-14(15)18)16(22)20-12-3-5-13(6-4-12)27(23,24)21-17-19-8-9-26-17/h2-10H,1H3,(H,19,21)(H,20,22). The number of sulfonamides is 1. The summed E-state index contributed by atoms with van der Waals surface area (Å²) in [7, 11) is -2.19. The molecule has 0 unspecified atom stereocenters. The summed E-state index contributed by atoms with van der Waals surface area (Å²) in [5.74, 6) is 0.295. The third-order valence-electron chi connectivity index (χ3n) is 3.49. The Balaban J connectivity index is 1.72. The van der Waals surface area contributed by atoms with Gasteiger partial charge in [-0.2, -0.15) is 0 Å². The number of anilines is 2. The van der Waals surface area contributed by atoms with Gasteiger partial charge in [0.25, 0.3) is 15.9 Å². The van der Waals surface area contributed by atoms with Gasteiger partial charge >= 0.3 is 0 Å². The number of aromatic nitrogens is 1. The van der Waals surface area contributed by atoms with Crippen LogP contribution < -0.4 is 14.8 Å². The molecule has 0 saturated carbocycles. The number of hydrogen-bond donors (Lipinski definition) is 2. The zero-order valence-corrected chi connectivity index (χ0v) is 17.2. The topological polar surface area (TPSA) is 97.4 Å². The van der Waals surface area contributed by atoms with E-state index in [1.807, 2.05) is 0 Å². The fourth-order valence-electron chi connectivity index (χ4n) is 2.18. The Morgan fingerprint density at radius 2 is 1.93 bits per heavy atom. The number of nitrogens with zero attached hydrogens (tertiary/aromatic N) is 1. The quantitative estimate of drug-likeness (QED) is 0.571. The predicted octanol–water partition coefficient (Wildman–Crippen LogP) is 3.97. The summed E-state index contributed by atoms with van der Waals surface area (Å²) in [4.78, 5) is 16.3. The number of ether oxygens (including phenoxy) is 1. The number of amides is 1. The summed E-state index contributed by atoms with van der Waals surface area (Å²) in [6, 6.07) is 10.8. The van der Waals surface area contributed by atoms with E-state index in [4.69, 9.17) is 4.74 Å². The van der Waals surface area contributed by atoms with Gasteiger partial charge in [-0.1, -0.05) is 0 Å². The first-order valence-electron chi connectivity index (χ1n) is 7.56. The van der Waals surface area contributed by atoms with Crippen molar-refractivity contribution < 1.29 is 17.9 Å². The highest BCUT2D eigenvalue weighted by Crippen LogP contribution is 2.26. The van der Waals surface area contributed by atoms with E-state index < -0.39 is 10.0 Å². The first-order valence-corrected chi connectivity index (χ1v) is 10.7. The number of methoxy groups -OCH3 is 1. The maximum absolute atomic E-state index is 12.3. The van der Waals surface area contributed by atoms with E-state index in [0.29, 0.717) is 21.5 Å². The first-order chi connectivity index (χ1) is 12.9. The van der Waals surface area contributed by atoms with Gasteiger partial charge in [0, 0.05) is 22.8 Å². The van der Waals surface area contributed by atoms with Crippen LogP contribution in [-0.2, 0) is 10.0 Å². The van der Waals surface area contributed by atoms with Crippen LogP contribution in [0.15, 0.2) is 63.4 Å². The van der Waals surface area contributed by atoms with E-state index in [9.17, 15) is 13.2 Å². The van der Waals surface area contributed by atoms with Crippen LogP contribution in [-0.4, -0.2) is 26.4 Å². The molecule has 1 amide bonds. The molecule has 3 aromatic rings. The molecular weight excluding hydrogens is 454 g/mol. The minimum atomic E-state index is -3.73. The van der Waals surface area contributed by atoms with E-state index in [-0.39, 0.29) is 15.9 Å². The number of thiazole rings is 1. The van der Waals surface area contributed by atoms with Gasteiger partial charge in [0.05, 0.1) is 16.5 Å². The molecule has 27 heavy (non-hydrogen) atoms. The molecule has 1 heterocycles. The maximum atomic E-state index is 12.3. The molecular formula is C17H14BrN3O4S2. The van der Waals surface area contributed by atoms with E-state index in [0.717, 1.165) is 0 Å². The summed E-state index contributed by atoms with van der Waals surface area (Å²) in [6.45, 7) is 0. The lowest BCUT2D eigenvalue weighted by molar-refractivity contribution is 0.102. The van der Waals surface area contributed by atoms with Gasteiger partial charge in [0.15, 0.2) is 5.13 Å². The van der Waals surface area contributed by atoms with Gasteiger partial charge in [0.1, 0.15) is 5.75 Å². The molecule has 0 aliphatic carbocycles. The molecule has 0 radical (unpaired) electrons. The Morgan fingerprint density at radius 3 is 2.52 bits per heavy atom. The number of hydrogen-bond acceptors (Lipinski definition) is 6. The van der Waals surface area contributed by atoms with Crippen LogP contribution in [0.5, 0.6) is 5.75 Å². The molecule has 2 aromatic carbocycles. The van der Waals surface area contributed by atoms with Gasteiger partial charge in [-0.3, -0.25) is 9.52 Å². The van der Waals surface area contributed by atoms with Crippen molar-refractivity contribution >= 4 is 54.0 Å². The van der Waals surface area contributed by atoms with Gasteiger partial charge in [-0.25, -0.2) is 13.4 Å². The average molecular weight is 468 g/mol. The summed E-state index contributed by atoms with van der Waals surface area (Å²) in [6.07, 6.45) is 1.51. The molecule has 2 N–H and O–H groups in total. The second-order valence-electron chi connectivity index (χ2n) is 5.27. The number of nitrogens with one attached hydrogen (secondary N) is 2. The van der Waals surface area contributed by atoms with Crippen LogP contribution in [0.2, 0.25) is 0 Å². The zero-order valence-electron chi connectivity index (χ0n) is 14.0. The molecule has 0 aliphatic rings. The third kappa shape index (κ3) is 4.65. The van der Waals surface area contributed by atoms with Crippen LogP contribution in [0.4, 0.5) is 10.8 Å². The van der Waals surface area contributed by atoms with Crippen molar-refractivity contribution in [3.05, 3.63) is 64.1 Å². The largest absolute Gasteiger partial charge is 0.496 e. The monoisotopic (exact) mass is 467 g/mol. The fraction of sp³-hybridized carbons (Fsp3) is 0.0588. The van der Waals surface area contributed by atoms with Crippen LogP contribution in [0.25, 0.3) is 0 Å². The van der Waals surface area contributed by atoms with Crippen molar-refractivity contribution in [2.45, 2.75) is 4.90 Å². The Kier molecular flexibility index (Phi) is 5.78. The number of carbonyl (C=O) groups is 1. The normalized spacial score (nSPS) is 11.0. The molecule has 0 saturated heterocycles. The van der Waals surface area contributed by atoms with Crippen LogP contribution in [0, 0.1) is 0 Å². The minimum absolute atomic E-state index is 0.0721. The van der Waals surface area contributed by atoms with Crippen LogP contribution in [0.1, 0.15) is 10.4 Å². The van der Waals surface area contributed by atoms with E-state index in [1.165, 1.54) is 41.8 Å². The highest BCUT2D eigenvalue weighted by atomic mass is 79.9. The Morgan fingerprint density at radius 1 is 1.19 bits per heavy atom. The number of rotatable bonds is 6. The Bertz CT molecular complexity index is 1050. The lowest BCUT2D eigenvalue weighted by atomic mass is 10.2. The number of carbonyl (C=O) groups excluding carboxylic acids is 1. The lowest BCUT2D eigenvalue weighted by Crippen LogP contribution is -2.14.